The number of halogens is 5. The number of nitrogens with one attached hydrogen (secondary N) is 1. The molecule has 2 aromatic carbocycles. The van der Waals surface area contributed by atoms with E-state index in [0.717, 1.165) is 55.2 Å². The standard InChI is InChI=1S/C17H15F2NO3.C8H5F3O2.C5H9O.C2H7N.Na/c1-4-10(2)15(9-21)20-8-11(5-16(20)22)17-13(18)6-12(23-3)7-14(17)19;9-8(10,11)13-7-3-1-6(5-12)2-4-7;1-2-4-6-5-3-1;1-3-2;/h1,4,6-7,11H,5,8H2,2-3H3;1-5H;1H,2-5H2;3H,1-2H3;/q-2;;-1;;+1/b15-10+;;;;. The predicted molar refractivity (Wildman–Crippen MR) is 157 cm³/mol. The summed E-state index contributed by atoms with van der Waals surface area (Å²) in [6, 6.07) is 6.77. The van der Waals surface area contributed by atoms with Crippen molar-refractivity contribution in [2.75, 3.05) is 41.0 Å². The van der Waals surface area contributed by atoms with Gasteiger partial charge >= 0.3 is 35.9 Å². The van der Waals surface area contributed by atoms with Crippen LogP contribution in [0.5, 0.6) is 11.5 Å². The van der Waals surface area contributed by atoms with Crippen molar-refractivity contribution in [2.45, 2.75) is 38.5 Å². The van der Waals surface area contributed by atoms with Gasteiger partial charge in [0.1, 0.15) is 29.4 Å². The average molecular weight is 663 g/mol. The number of hydrogen-bond acceptors (Lipinski definition) is 7. The maximum atomic E-state index is 14.1. The van der Waals surface area contributed by atoms with Crippen molar-refractivity contribution in [3.05, 3.63) is 89.5 Å². The van der Waals surface area contributed by atoms with Crippen molar-refractivity contribution in [3.8, 4) is 11.5 Å². The van der Waals surface area contributed by atoms with Crippen molar-refractivity contribution in [1.29, 1.82) is 0 Å². The molecule has 1 amide bonds. The largest absolute Gasteiger partial charge is 1.00 e. The summed E-state index contributed by atoms with van der Waals surface area (Å²) in [6.45, 7) is 8.77. The molecule has 1 N–H and O–H groups in total. The minimum absolute atomic E-state index is 0. The second-order valence-electron chi connectivity index (χ2n) is 9.42. The molecule has 0 aliphatic carbocycles. The molecule has 1 unspecified atom stereocenters. The van der Waals surface area contributed by atoms with Crippen LogP contribution in [0.1, 0.15) is 48.0 Å². The van der Waals surface area contributed by atoms with Crippen LogP contribution >= 0.6 is 0 Å². The molecule has 0 saturated carbocycles. The number of carbonyl (C=O) groups is 2. The van der Waals surface area contributed by atoms with Gasteiger partial charge in [0, 0.05) is 61.6 Å². The van der Waals surface area contributed by atoms with E-state index in [4.69, 9.17) is 16.1 Å². The van der Waals surface area contributed by atoms with Gasteiger partial charge in [-0.3, -0.25) is 16.2 Å². The SMILES string of the molecule is CNC.O=Cc1ccc(OC(F)(F)F)cc1.[CH-]1CCOCC1.[CH-]=C/C(C)=C(\[C-]=O)N1CC(c2c(F)cc(OC)cc2F)CC1=O.[Na+]. The van der Waals surface area contributed by atoms with Gasteiger partial charge in [0.05, 0.1) is 7.11 Å². The van der Waals surface area contributed by atoms with E-state index in [1.54, 1.807) is 13.2 Å². The van der Waals surface area contributed by atoms with Gasteiger partial charge in [-0.15, -0.1) is 20.1 Å². The van der Waals surface area contributed by atoms with Crippen LogP contribution in [-0.4, -0.2) is 70.7 Å². The zero-order chi connectivity index (χ0) is 34.0. The first-order valence-corrected chi connectivity index (χ1v) is 13.6. The first-order chi connectivity index (χ1) is 21.3. The molecule has 2 heterocycles. The number of likely N-dealkylation sites (tertiary alicyclic amines) is 1. The quantitative estimate of drug-likeness (QED) is 0.122. The normalized spacial score (nSPS) is 16.0. The van der Waals surface area contributed by atoms with Crippen molar-refractivity contribution in [2.24, 2.45) is 0 Å². The summed E-state index contributed by atoms with van der Waals surface area (Å²) >= 11 is 0. The molecule has 0 aromatic heterocycles. The molecular weight excluding hydrogens is 626 g/mol. The van der Waals surface area contributed by atoms with Gasteiger partial charge in [-0.05, 0) is 38.4 Å². The van der Waals surface area contributed by atoms with E-state index < -0.39 is 29.8 Å². The van der Waals surface area contributed by atoms with Crippen LogP contribution in [0.4, 0.5) is 22.0 Å². The third-order valence-corrected chi connectivity index (χ3v) is 5.99. The maximum absolute atomic E-state index is 14.1. The van der Waals surface area contributed by atoms with Crippen LogP contribution in [-0.2, 0) is 14.3 Å². The number of amides is 1. The molecule has 2 fully saturated rings. The molecule has 0 spiro atoms. The molecule has 248 valence electrons. The Hall–Kier alpha value is -3.10. The van der Waals surface area contributed by atoms with Crippen LogP contribution < -0.4 is 44.3 Å². The fourth-order valence-corrected chi connectivity index (χ4v) is 3.94. The van der Waals surface area contributed by atoms with Gasteiger partial charge < -0.3 is 35.6 Å². The topological polar surface area (TPSA) is 94.2 Å². The number of ether oxygens (including phenoxy) is 3. The first-order valence-electron chi connectivity index (χ1n) is 13.6. The molecule has 2 aliphatic heterocycles. The number of carbonyl (C=O) groups excluding carboxylic acids is 3. The zero-order valence-electron chi connectivity index (χ0n) is 26.4. The number of allylic oxidation sites excluding steroid dienone is 3. The molecule has 2 aromatic rings. The Balaban J connectivity index is 0.000000735. The fraction of sp³-hybridized carbons (Fsp3) is 0.375. The third kappa shape index (κ3) is 15.0. The first kappa shape index (κ1) is 42.9. The third-order valence-electron chi connectivity index (χ3n) is 5.99. The number of nitrogens with zero attached hydrogens (tertiary/aromatic N) is 1. The Morgan fingerprint density at radius 1 is 1.11 bits per heavy atom. The molecule has 0 bridgehead atoms. The van der Waals surface area contributed by atoms with Gasteiger partial charge in [0.2, 0.25) is 5.91 Å². The monoisotopic (exact) mass is 662 g/mol. The molecule has 14 heteroatoms. The van der Waals surface area contributed by atoms with E-state index in [0.29, 0.717) is 17.4 Å². The molecule has 2 saturated heterocycles. The number of methoxy groups -OCH3 is 1. The second kappa shape index (κ2) is 22.4. The van der Waals surface area contributed by atoms with Crippen molar-refractivity contribution < 1.29 is 80.1 Å². The van der Waals surface area contributed by atoms with E-state index in [1.807, 2.05) is 14.1 Å². The predicted octanol–water partition coefficient (Wildman–Crippen LogP) is 2.90. The summed E-state index contributed by atoms with van der Waals surface area (Å²) < 4.78 is 76.6. The molecule has 8 nitrogen and oxygen atoms in total. The summed E-state index contributed by atoms with van der Waals surface area (Å²) in [6.07, 6.45) is 3.15. The van der Waals surface area contributed by atoms with E-state index in [2.05, 4.69) is 16.5 Å². The van der Waals surface area contributed by atoms with Crippen molar-refractivity contribution in [3.63, 3.8) is 0 Å². The molecule has 2 aliphatic rings. The number of rotatable bonds is 7. The Labute approximate surface area is 288 Å². The van der Waals surface area contributed by atoms with Gasteiger partial charge in [-0.25, -0.2) is 14.9 Å². The van der Waals surface area contributed by atoms with Crippen LogP contribution in [0.15, 0.2) is 53.7 Å². The molecule has 46 heavy (non-hydrogen) atoms. The van der Waals surface area contributed by atoms with Crippen molar-refractivity contribution in [1.82, 2.24) is 10.2 Å². The van der Waals surface area contributed by atoms with E-state index >= 15 is 0 Å². The van der Waals surface area contributed by atoms with Crippen LogP contribution in [0, 0.1) is 24.6 Å². The van der Waals surface area contributed by atoms with E-state index in [-0.39, 0.29) is 65.3 Å². The maximum Gasteiger partial charge on any atom is 1.00 e. The summed E-state index contributed by atoms with van der Waals surface area (Å²) in [5.74, 6) is -2.97. The molecule has 4 rings (SSSR count). The fourth-order valence-electron chi connectivity index (χ4n) is 3.94. The van der Waals surface area contributed by atoms with Crippen molar-refractivity contribution >= 4 is 18.5 Å². The van der Waals surface area contributed by atoms with E-state index in [9.17, 15) is 36.3 Å². The summed E-state index contributed by atoms with van der Waals surface area (Å²) in [5, 5.41) is 2.75. The smallest absolute Gasteiger partial charge is 0.497 e. The Kier molecular flexibility index (Phi) is 20.9. The summed E-state index contributed by atoms with van der Waals surface area (Å²) in [5.41, 5.74) is 0.454. The molecule has 1 atom stereocenters. The van der Waals surface area contributed by atoms with Gasteiger partial charge in [-0.2, -0.15) is 18.4 Å². The minimum Gasteiger partial charge on any atom is -0.497 e. The summed E-state index contributed by atoms with van der Waals surface area (Å²) in [7, 11) is 5.05. The summed E-state index contributed by atoms with van der Waals surface area (Å²) in [4.78, 5) is 34.5. The zero-order valence-corrected chi connectivity index (χ0v) is 28.4. The van der Waals surface area contributed by atoms with Gasteiger partial charge in [0.15, 0.2) is 0 Å². The van der Waals surface area contributed by atoms with Crippen LogP contribution in [0.2, 0.25) is 0 Å². The number of alkyl halides is 3. The van der Waals surface area contributed by atoms with Gasteiger partial charge in [-0.1, -0.05) is 5.70 Å². The van der Waals surface area contributed by atoms with Crippen LogP contribution in [0.25, 0.3) is 0 Å². The molecule has 0 radical (unpaired) electrons. The number of hydrogen-bond donors (Lipinski definition) is 1. The average Bonchev–Trinajstić information content (AvgIpc) is 3.38. The Morgan fingerprint density at radius 3 is 2.02 bits per heavy atom. The van der Waals surface area contributed by atoms with E-state index in [1.165, 1.54) is 25.3 Å². The van der Waals surface area contributed by atoms with Gasteiger partial charge in [0.25, 0.3) is 0 Å². The molecular formula is C32H36F5N2NaO6-2. The number of aldehydes is 1. The Bertz CT molecular complexity index is 1250. The second-order valence-corrected chi connectivity index (χ2v) is 9.42. The number of benzene rings is 2. The minimum atomic E-state index is -4.69. The van der Waals surface area contributed by atoms with Crippen LogP contribution in [0.3, 0.4) is 0 Å². The Morgan fingerprint density at radius 2 is 1.65 bits per heavy atom.